The van der Waals surface area contributed by atoms with Gasteiger partial charge in [0, 0.05) is 12.3 Å². The van der Waals surface area contributed by atoms with Crippen molar-refractivity contribution in [3.05, 3.63) is 29.8 Å². The smallest absolute Gasteiger partial charge is 0.140 e. The predicted octanol–water partition coefficient (Wildman–Crippen LogP) is 3.39. The molecule has 2 heteroatoms. The summed E-state index contributed by atoms with van der Waals surface area (Å²) < 4.78 is 5.11. The Labute approximate surface area is 103 Å². The van der Waals surface area contributed by atoms with Gasteiger partial charge in [0.05, 0.1) is 7.11 Å². The number of carbonyl (C=O) groups is 1. The van der Waals surface area contributed by atoms with Gasteiger partial charge in [-0.1, -0.05) is 31.4 Å². The first-order valence-electron chi connectivity index (χ1n) is 6.45. The van der Waals surface area contributed by atoms with Crippen LogP contribution in [0.25, 0.3) is 0 Å². The van der Waals surface area contributed by atoms with Gasteiger partial charge >= 0.3 is 0 Å². The van der Waals surface area contributed by atoms with E-state index in [4.69, 9.17) is 4.74 Å². The molecule has 2 nitrogen and oxygen atoms in total. The molecule has 0 bridgehead atoms. The number of Topliss-reactive ketones (excluding diaryl/α,β-unsaturated/α-hetero) is 1. The molecule has 1 aromatic carbocycles. The summed E-state index contributed by atoms with van der Waals surface area (Å²) in [7, 11) is 1.65. The largest absolute Gasteiger partial charge is 0.497 e. The van der Waals surface area contributed by atoms with Crippen molar-refractivity contribution in [2.24, 2.45) is 5.92 Å². The molecule has 0 aliphatic heterocycles. The van der Waals surface area contributed by atoms with Gasteiger partial charge in [-0.15, -0.1) is 0 Å². The van der Waals surface area contributed by atoms with Crippen molar-refractivity contribution in [1.82, 2.24) is 0 Å². The first-order valence-corrected chi connectivity index (χ1v) is 6.45. The standard InChI is InChI=1S/C15H20O2/c1-17-14-9-7-12(8-10-14)11-15(16)13-5-3-2-4-6-13/h7-10,13H,2-6,11H2,1H3. The Kier molecular flexibility index (Phi) is 4.18. The van der Waals surface area contributed by atoms with Crippen molar-refractivity contribution in [1.29, 1.82) is 0 Å². The van der Waals surface area contributed by atoms with Gasteiger partial charge in [-0.05, 0) is 30.5 Å². The topological polar surface area (TPSA) is 26.3 Å². The molecule has 0 N–H and O–H groups in total. The second-order valence-electron chi connectivity index (χ2n) is 4.83. The molecule has 2 rings (SSSR count). The molecular formula is C15H20O2. The molecule has 92 valence electrons. The van der Waals surface area contributed by atoms with Gasteiger partial charge in [0.1, 0.15) is 11.5 Å². The van der Waals surface area contributed by atoms with E-state index in [1.807, 2.05) is 24.3 Å². The molecule has 1 saturated carbocycles. The first kappa shape index (κ1) is 12.2. The molecular weight excluding hydrogens is 212 g/mol. The van der Waals surface area contributed by atoms with Crippen molar-refractivity contribution in [2.45, 2.75) is 38.5 Å². The summed E-state index contributed by atoms with van der Waals surface area (Å²) in [5.74, 6) is 1.57. The Morgan fingerprint density at radius 1 is 1.18 bits per heavy atom. The number of methoxy groups -OCH3 is 1. The lowest BCUT2D eigenvalue weighted by molar-refractivity contribution is -0.123. The molecule has 0 atom stereocenters. The Hall–Kier alpha value is -1.31. The number of benzene rings is 1. The molecule has 0 heterocycles. The summed E-state index contributed by atoms with van der Waals surface area (Å²) in [6, 6.07) is 7.81. The van der Waals surface area contributed by atoms with Crippen LogP contribution in [0.2, 0.25) is 0 Å². The minimum absolute atomic E-state index is 0.311. The molecule has 0 unspecified atom stereocenters. The normalized spacial score (nSPS) is 16.8. The number of rotatable bonds is 4. The molecule has 1 fully saturated rings. The van der Waals surface area contributed by atoms with Gasteiger partial charge < -0.3 is 4.74 Å². The Bertz CT molecular complexity index is 361. The maximum absolute atomic E-state index is 12.1. The zero-order valence-corrected chi connectivity index (χ0v) is 10.4. The summed E-state index contributed by atoms with van der Waals surface area (Å²) in [4.78, 5) is 12.1. The molecule has 1 aromatic rings. The molecule has 0 saturated heterocycles. The van der Waals surface area contributed by atoms with Crippen molar-refractivity contribution < 1.29 is 9.53 Å². The minimum atomic E-state index is 0.311. The second-order valence-corrected chi connectivity index (χ2v) is 4.83. The number of carbonyl (C=O) groups excluding carboxylic acids is 1. The third-order valence-corrected chi connectivity index (χ3v) is 3.60. The summed E-state index contributed by atoms with van der Waals surface area (Å²) in [6.07, 6.45) is 6.50. The van der Waals surface area contributed by atoms with Crippen LogP contribution in [-0.2, 0) is 11.2 Å². The molecule has 0 amide bonds. The highest BCUT2D eigenvalue weighted by Crippen LogP contribution is 2.25. The Morgan fingerprint density at radius 3 is 2.41 bits per heavy atom. The fraction of sp³-hybridized carbons (Fsp3) is 0.533. The van der Waals surface area contributed by atoms with E-state index in [-0.39, 0.29) is 0 Å². The fourth-order valence-corrected chi connectivity index (χ4v) is 2.51. The second kappa shape index (κ2) is 5.85. The van der Waals surface area contributed by atoms with Crippen LogP contribution >= 0.6 is 0 Å². The number of hydrogen-bond donors (Lipinski definition) is 0. The fourth-order valence-electron chi connectivity index (χ4n) is 2.51. The average Bonchev–Trinajstić information content (AvgIpc) is 2.40. The van der Waals surface area contributed by atoms with Gasteiger partial charge in [-0.25, -0.2) is 0 Å². The van der Waals surface area contributed by atoms with Crippen molar-refractivity contribution in [3.8, 4) is 5.75 Å². The van der Waals surface area contributed by atoms with Crippen molar-refractivity contribution in [2.75, 3.05) is 7.11 Å². The lowest BCUT2D eigenvalue weighted by atomic mass is 9.84. The van der Waals surface area contributed by atoms with E-state index in [0.29, 0.717) is 18.1 Å². The Balaban J connectivity index is 1.92. The van der Waals surface area contributed by atoms with Crippen LogP contribution in [0.15, 0.2) is 24.3 Å². The average molecular weight is 232 g/mol. The zero-order valence-electron chi connectivity index (χ0n) is 10.4. The van der Waals surface area contributed by atoms with Crippen LogP contribution in [0.5, 0.6) is 5.75 Å². The van der Waals surface area contributed by atoms with E-state index >= 15 is 0 Å². The van der Waals surface area contributed by atoms with E-state index in [1.54, 1.807) is 7.11 Å². The molecule has 0 radical (unpaired) electrons. The van der Waals surface area contributed by atoms with Crippen LogP contribution in [0, 0.1) is 5.92 Å². The van der Waals surface area contributed by atoms with E-state index in [2.05, 4.69) is 0 Å². The first-order chi connectivity index (χ1) is 8.29. The monoisotopic (exact) mass is 232 g/mol. The summed E-state index contributed by atoms with van der Waals surface area (Å²) in [5, 5.41) is 0. The number of hydrogen-bond acceptors (Lipinski definition) is 2. The van der Waals surface area contributed by atoms with Gasteiger partial charge in [-0.3, -0.25) is 4.79 Å². The lowest BCUT2D eigenvalue weighted by Crippen LogP contribution is -2.19. The maximum atomic E-state index is 12.1. The van der Waals surface area contributed by atoms with Crippen molar-refractivity contribution in [3.63, 3.8) is 0 Å². The van der Waals surface area contributed by atoms with E-state index in [0.717, 1.165) is 24.2 Å². The van der Waals surface area contributed by atoms with Crippen molar-refractivity contribution >= 4 is 5.78 Å². The summed E-state index contributed by atoms with van der Waals surface area (Å²) in [6.45, 7) is 0. The van der Waals surface area contributed by atoms with Gasteiger partial charge in [0.15, 0.2) is 0 Å². The highest BCUT2D eigenvalue weighted by atomic mass is 16.5. The van der Waals surface area contributed by atoms with Gasteiger partial charge in [0.2, 0.25) is 0 Å². The highest BCUT2D eigenvalue weighted by Gasteiger charge is 2.20. The van der Waals surface area contributed by atoms with Crippen LogP contribution < -0.4 is 4.74 Å². The quantitative estimate of drug-likeness (QED) is 0.795. The molecule has 17 heavy (non-hydrogen) atoms. The highest BCUT2D eigenvalue weighted by molar-refractivity contribution is 5.83. The number of ketones is 1. The van der Waals surface area contributed by atoms with Crippen LogP contribution in [0.3, 0.4) is 0 Å². The SMILES string of the molecule is COc1ccc(CC(=O)C2CCCCC2)cc1. The third-order valence-electron chi connectivity index (χ3n) is 3.60. The molecule has 0 spiro atoms. The lowest BCUT2D eigenvalue weighted by Gasteiger charge is -2.20. The molecule has 0 aromatic heterocycles. The summed E-state index contributed by atoms with van der Waals surface area (Å²) in [5.41, 5.74) is 1.10. The molecule has 1 aliphatic carbocycles. The Morgan fingerprint density at radius 2 is 1.82 bits per heavy atom. The predicted molar refractivity (Wildman–Crippen MR) is 68.3 cm³/mol. The van der Waals surface area contributed by atoms with E-state index in [9.17, 15) is 4.79 Å². The molecule has 1 aliphatic rings. The van der Waals surface area contributed by atoms with Crippen LogP contribution in [0.1, 0.15) is 37.7 Å². The van der Waals surface area contributed by atoms with Crippen LogP contribution in [-0.4, -0.2) is 12.9 Å². The van der Waals surface area contributed by atoms with Gasteiger partial charge in [-0.2, -0.15) is 0 Å². The van der Waals surface area contributed by atoms with E-state index in [1.165, 1.54) is 19.3 Å². The third kappa shape index (κ3) is 3.32. The maximum Gasteiger partial charge on any atom is 0.140 e. The van der Waals surface area contributed by atoms with Crippen LogP contribution in [0.4, 0.5) is 0 Å². The summed E-state index contributed by atoms with van der Waals surface area (Å²) >= 11 is 0. The number of ether oxygens (including phenoxy) is 1. The van der Waals surface area contributed by atoms with Gasteiger partial charge in [0.25, 0.3) is 0 Å². The zero-order chi connectivity index (χ0) is 12.1. The van der Waals surface area contributed by atoms with E-state index < -0.39 is 0 Å². The minimum Gasteiger partial charge on any atom is -0.497 e.